The molecule has 6 aromatic carbocycles. The van der Waals surface area contributed by atoms with E-state index >= 15 is 0 Å². The predicted molar refractivity (Wildman–Crippen MR) is 314 cm³/mol. The number of ether oxygens (including phenoxy) is 4. The monoisotopic (exact) mass is 1330 g/mol. The van der Waals surface area contributed by atoms with E-state index in [-0.39, 0.29) is 144 Å². The van der Waals surface area contributed by atoms with Crippen LogP contribution in [0.2, 0.25) is 0 Å². The number of carbonyl (C=O) groups excluding carboxylic acids is 4. The van der Waals surface area contributed by atoms with Crippen LogP contribution in [-0.4, -0.2) is 105 Å². The summed E-state index contributed by atoms with van der Waals surface area (Å²) in [6.45, 7) is 1.59. The van der Waals surface area contributed by atoms with E-state index in [0.29, 0.717) is 160 Å². The first-order chi connectivity index (χ1) is 43.2. The van der Waals surface area contributed by atoms with Crippen molar-refractivity contribution in [1.82, 2.24) is 9.97 Å². The van der Waals surface area contributed by atoms with Gasteiger partial charge in [0.25, 0.3) is 0 Å². The van der Waals surface area contributed by atoms with Crippen LogP contribution in [0.1, 0.15) is 103 Å². The van der Waals surface area contributed by atoms with Crippen LogP contribution < -0.4 is 158 Å². The van der Waals surface area contributed by atoms with Gasteiger partial charge >= 0.3 is 142 Å². The molecule has 8 aromatic rings. The van der Waals surface area contributed by atoms with Gasteiger partial charge < -0.3 is 87.8 Å². The predicted octanol–water partition coefficient (Wildman–Crippen LogP) is -5.13. The van der Waals surface area contributed by atoms with Gasteiger partial charge in [0.1, 0.15) is 34.0 Å². The van der Waals surface area contributed by atoms with Crippen LogP contribution in [0.25, 0.3) is 66.7 Å². The zero-order chi connectivity index (χ0) is 64.7. The molecule has 0 unspecified atom stereocenters. The maximum absolute atomic E-state index is 11.0. The molecule has 0 saturated heterocycles. The second kappa shape index (κ2) is 41.6. The normalized spacial score (nSPS) is 10.9. The van der Waals surface area contributed by atoms with Crippen molar-refractivity contribution in [1.29, 1.82) is 0 Å². The summed E-state index contributed by atoms with van der Waals surface area (Å²) in [6.07, 6.45) is 6.95. The fourth-order valence-corrected chi connectivity index (χ4v) is 9.77. The van der Waals surface area contributed by atoms with Gasteiger partial charge in [-0.1, -0.05) is 75.6 Å². The second-order valence-corrected chi connectivity index (χ2v) is 21.4. The zero-order valence-corrected chi connectivity index (χ0v) is 60.9. The van der Waals surface area contributed by atoms with Crippen molar-refractivity contribution in [2.45, 2.75) is 103 Å². The molecule has 2 aromatic heterocycles. The summed E-state index contributed by atoms with van der Waals surface area (Å²) in [5.41, 5.74) is 4.05. The number of aliphatic carboxylic acids is 8. The van der Waals surface area contributed by atoms with Crippen molar-refractivity contribution < 1.29 is 225 Å². The molecule has 28 heteroatoms. The van der Waals surface area contributed by atoms with Crippen LogP contribution >= 0.6 is 0 Å². The Morgan fingerprint density at radius 3 is 0.904 bits per heavy atom. The maximum atomic E-state index is 11.0. The topological polar surface area (TPSA) is 399 Å². The third-order valence-corrected chi connectivity index (χ3v) is 14.8. The van der Waals surface area contributed by atoms with Gasteiger partial charge in [-0.15, -0.1) is 0 Å². The molecule has 8 rings (SSSR count). The average Bonchev–Trinajstić information content (AvgIpc) is 1.58. The average molecular weight is 1330 g/mol. The molecule has 0 saturated carbocycles. The van der Waals surface area contributed by atoms with E-state index in [0.717, 1.165) is 32.7 Å². The third-order valence-electron chi connectivity index (χ3n) is 14.8. The minimum Gasteiger partial charge on any atom is -0.549 e. The molecule has 0 fully saturated rings. The molecule has 0 amide bonds. The summed E-state index contributed by atoms with van der Waals surface area (Å²) < 4.78 is 35.2. The minimum atomic E-state index is -1.63. The van der Waals surface area contributed by atoms with Gasteiger partial charge in [0.05, 0.1) is 50.3 Å². The van der Waals surface area contributed by atoms with Crippen molar-refractivity contribution in [3.8, 4) is 45.9 Å². The minimum absolute atomic E-state index is 0. The fourth-order valence-electron chi connectivity index (χ4n) is 9.77. The van der Waals surface area contributed by atoms with E-state index in [4.69, 9.17) is 48.2 Å². The molecule has 0 aliphatic carbocycles. The molecule has 0 spiro atoms. The first-order valence-electron chi connectivity index (χ1n) is 29.4. The Morgan fingerprint density at radius 1 is 0.340 bits per heavy atom. The Hall–Kier alpha value is -6.26. The number of nitrogens with zero attached hydrogens (tertiary/aromatic N) is 2. The molecule has 0 aliphatic heterocycles. The van der Waals surface area contributed by atoms with Crippen molar-refractivity contribution >= 4 is 91.5 Å². The zero-order valence-electron chi connectivity index (χ0n) is 52.9. The van der Waals surface area contributed by atoms with Gasteiger partial charge in [-0.05, 0) is 146 Å². The number of carbonyl (C=O) groups is 8. The Bertz CT molecular complexity index is 3540. The smallest absolute Gasteiger partial charge is 0.549 e. The van der Waals surface area contributed by atoms with E-state index in [9.17, 15) is 58.8 Å². The molecule has 2 heterocycles. The first kappa shape index (κ1) is 82.0. The molecule has 476 valence electrons. The van der Waals surface area contributed by atoms with E-state index < -0.39 is 71.4 Å². The van der Waals surface area contributed by atoms with Crippen LogP contribution in [0.15, 0.2) is 118 Å². The summed E-state index contributed by atoms with van der Waals surface area (Å²) in [6, 6.07) is 33.7. The van der Waals surface area contributed by atoms with Crippen molar-refractivity contribution in [3.05, 3.63) is 109 Å². The van der Waals surface area contributed by atoms with Gasteiger partial charge in [0.2, 0.25) is 11.8 Å². The van der Waals surface area contributed by atoms with Gasteiger partial charge in [0.15, 0.2) is 23.0 Å². The Morgan fingerprint density at radius 2 is 0.606 bits per heavy atom. The van der Waals surface area contributed by atoms with Crippen LogP contribution in [0, 0.1) is 23.7 Å². The fraction of sp³-hybridized carbons (Fsp3) is 0.364. The summed E-state index contributed by atoms with van der Waals surface area (Å²) in [5.74, 6) is -14.3. The van der Waals surface area contributed by atoms with E-state index in [2.05, 4.69) is 9.97 Å². The van der Waals surface area contributed by atoms with Crippen LogP contribution in [0.5, 0.6) is 23.0 Å². The Labute approximate surface area is 628 Å². The molecule has 94 heavy (non-hydrogen) atoms. The quantitative estimate of drug-likeness (QED) is 0.0160. The molecular weight excluding hydrogens is 1260 g/mol. The summed E-state index contributed by atoms with van der Waals surface area (Å²) in [5, 5.41) is 82.8. The SMILES string of the molecule is O=C([O-])C(CCCCCOc1ccc2cc(-c3nc4ccc(OCCCCCC(C(=O)O)C(=O)O)cc4o3)ccc2c1)C(=O)[O-].O=C([O-])C(CCCCCOc1ccc2cc(-c3nc4ccc(OCCCCCC(C(=O)O)C(=O)O)cc4o3)ccc2c1)C(=O)[O-].[Na+].[Na+].[Na+].[Na+]. The first-order valence-corrected chi connectivity index (χ1v) is 29.4. The molecule has 4 N–H and O–H groups in total. The number of carboxylic acids is 8. The third kappa shape index (κ3) is 25.4. The summed E-state index contributed by atoms with van der Waals surface area (Å²) in [7, 11) is 0. The standard InChI is InChI=1S/2C33H35NO11.4Na/c2*35-30(36)25(31(37)38)7-3-1-5-15-43-23-12-11-20-17-22(10-9-21(20)18-23)29-34-27-14-13-24(19-28(27)45-29)44-16-6-2-4-8-26(32(39)40)33(41)42;;;;/h2*9-14,17-19,25-26H,1-8,15-16H2,(H,35,36)(H,37,38)(H,39,40)(H,41,42);;;;/q;;4*+1/p-4. The molecule has 0 bridgehead atoms. The summed E-state index contributed by atoms with van der Waals surface area (Å²) >= 11 is 0. The number of rotatable bonds is 38. The number of hydrogen-bond acceptors (Lipinski definition) is 20. The van der Waals surface area contributed by atoms with Crippen molar-refractivity contribution in [2.75, 3.05) is 26.4 Å². The molecule has 0 radical (unpaired) electrons. The van der Waals surface area contributed by atoms with Crippen LogP contribution in [0.3, 0.4) is 0 Å². The number of benzene rings is 6. The van der Waals surface area contributed by atoms with E-state index in [1.165, 1.54) is 0 Å². The van der Waals surface area contributed by atoms with E-state index in [1.54, 1.807) is 36.4 Å². The van der Waals surface area contributed by atoms with Crippen LogP contribution in [-0.2, 0) is 38.4 Å². The molecule has 0 atom stereocenters. The number of hydrogen-bond donors (Lipinski definition) is 4. The second-order valence-electron chi connectivity index (χ2n) is 21.4. The van der Waals surface area contributed by atoms with Gasteiger partial charge in [-0.3, -0.25) is 19.2 Å². The Balaban J connectivity index is 0.000000470. The van der Waals surface area contributed by atoms with Crippen molar-refractivity contribution in [3.63, 3.8) is 0 Å². The largest absolute Gasteiger partial charge is 1.00 e. The van der Waals surface area contributed by atoms with E-state index in [1.807, 2.05) is 72.8 Å². The van der Waals surface area contributed by atoms with Gasteiger partial charge in [-0.2, -0.15) is 0 Å². The summed E-state index contributed by atoms with van der Waals surface area (Å²) in [4.78, 5) is 96.3. The van der Waals surface area contributed by atoms with Crippen LogP contribution in [0.4, 0.5) is 0 Å². The number of carboxylic acid groups (broad SMARTS) is 8. The number of unbranched alkanes of at least 4 members (excludes halogenated alkanes) is 8. The number of oxazole rings is 2. The Kier molecular flexibility index (Phi) is 36.3. The van der Waals surface area contributed by atoms with Gasteiger partial charge in [-0.25, -0.2) is 9.97 Å². The molecule has 24 nitrogen and oxygen atoms in total. The molecule has 0 aliphatic rings. The number of aromatic nitrogens is 2. The molecular formula is C66H66N2Na4O22. The van der Waals surface area contributed by atoms with Crippen molar-refractivity contribution in [2.24, 2.45) is 23.7 Å². The van der Waals surface area contributed by atoms with Gasteiger partial charge in [0, 0.05) is 35.1 Å². The maximum Gasteiger partial charge on any atom is 1.00 e. The number of fused-ring (bicyclic) bond motifs is 4.